The van der Waals surface area contributed by atoms with Crippen LogP contribution in [0.2, 0.25) is 0 Å². The van der Waals surface area contributed by atoms with Crippen molar-refractivity contribution in [1.82, 2.24) is 0 Å². The van der Waals surface area contributed by atoms with Gasteiger partial charge in [-0.3, -0.25) is 8.78 Å². The molecule has 0 radical (unpaired) electrons. The largest absolute Gasteiger partial charge is 0.508 e. The molecule has 124 valence electrons. The van der Waals surface area contributed by atoms with E-state index in [9.17, 15) is 17.6 Å². The molecule has 2 nitrogen and oxygen atoms in total. The topological polar surface area (TPSA) is 18.5 Å². The smallest absolute Gasteiger partial charge is 0.119 e. The minimum atomic E-state index is -1.63. The third-order valence-electron chi connectivity index (χ3n) is 3.08. The van der Waals surface area contributed by atoms with Gasteiger partial charge < -0.3 is 9.47 Å². The van der Waals surface area contributed by atoms with E-state index in [0.717, 1.165) is 12.8 Å². The average Bonchev–Trinajstić information content (AvgIpc) is 2.54. The number of rotatable bonds is 7. The highest BCUT2D eigenvalue weighted by Crippen LogP contribution is 2.27. The van der Waals surface area contributed by atoms with Crippen LogP contribution in [0.3, 0.4) is 0 Å². The Kier molecular flexibility index (Phi) is 5.84. The van der Waals surface area contributed by atoms with E-state index in [-0.39, 0.29) is 6.61 Å². The van der Waals surface area contributed by atoms with Crippen LogP contribution in [0.1, 0.15) is 25.3 Å². The van der Waals surface area contributed by atoms with Crippen LogP contribution in [0.25, 0.3) is 0 Å². The summed E-state index contributed by atoms with van der Waals surface area (Å²) in [4.78, 5) is 0. The molecule has 2 aromatic rings. The Labute approximate surface area is 131 Å². The van der Waals surface area contributed by atoms with Gasteiger partial charge in [-0.1, -0.05) is 25.5 Å². The van der Waals surface area contributed by atoms with Crippen molar-refractivity contribution in [2.45, 2.75) is 26.4 Å². The summed E-state index contributed by atoms with van der Waals surface area (Å²) in [6, 6.07) is 7.94. The van der Waals surface area contributed by atoms with Crippen molar-refractivity contribution in [3.05, 3.63) is 59.2 Å². The van der Waals surface area contributed by atoms with E-state index >= 15 is 0 Å². The van der Waals surface area contributed by atoms with Gasteiger partial charge in [-0.25, -0.2) is 8.78 Å². The lowest BCUT2D eigenvalue weighted by Crippen LogP contribution is -2.04. The van der Waals surface area contributed by atoms with Crippen LogP contribution in [0.5, 0.6) is 11.5 Å². The van der Waals surface area contributed by atoms with Crippen molar-refractivity contribution in [2.24, 2.45) is 0 Å². The van der Waals surface area contributed by atoms with Gasteiger partial charge >= 0.3 is 0 Å². The molecule has 0 saturated heterocycles. The number of benzene rings is 2. The fraction of sp³-hybridized carbons (Fsp3) is 0.294. The molecule has 0 bridgehead atoms. The molecular formula is C17H15F4O2-. The quantitative estimate of drug-likeness (QED) is 0.315. The maximum absolute atomic E-state index is 13.4. The zero-order valence-electron chi connectivity index (χ0n) is 12.5. The van der Waals surface area contributed by atoms with E-state index in [4.69, 9.17) is 9.47 Å². The highest BCUT2D eigenvalue weighted by Gasteiger charge is 2.11. The lowest BCUT2D eigenvalue weighted by atomic mass is 10.2. The van der Waals surface area contributed by atoms with Crippen LogP contribution >= 0.6 is 0 Å². The molecule has 0 N–H and O–H groups in total. The van der Waals surface area contributed by atoms with Gasteiger partial charge in [0.05, 0.1) is 35.6 Å². The molecular weight excluding hydrogens is 312 g/mol. The SMILES string of the molecule is CCCCOc1ccc(COc2c(F)c(F)[c-]c(F)c2F)cc1. The van der Waals surface area contributed by atoms with Crippen LogP contribution in [0.4, 0.5) is 17.6 Å². The van der Waals surface area contributed by atoms with Gasteiger partial charge in [0.25, 0.3) is 0 Å². The molecule has 0 amide bonds. The maximum Gasteiger partial charge on any atom is 0.119 e. The molecule has 0 saturated carbocycles. The first-order chi connectivity index (χ1) is 11.0. The number of unbranched alkanes of at least 4 members (excludes halogenated alkanes) is 1. The van der Waals surface area contributed by atoms with Gasteiger partial charge in [0.1, 0.15) is 12.4 Å². The van der Waals surface area contributed by atoms with Gasteiger partial charge in [0, 0.05) is 0 Å². The molecule has 23 heavy (non-hydrogen) atoms. The first-order valence-electron chi connectivity index (χ1n) is 7.12. The first-order valence-corrected chi connectivity index (χ1v) is 7.12. The zero-order chi connectivity index (χ0) is 16.8. The van der Waals surface area contributed by atoms with Crippen molar-refractivity contribution < 1.29 is 27.0 Å². The van der Waals surface area contributed by atoms with Gasteiger partial charge in [0.2, 0.25) is 0 Å². The normalized spacial score (nSPS) is 10.7. The molecule has 0 heterocycles. The van der Waals surface area contributed by atoms with Gasteiger partial charge in [-0.2, -0.15) is 0 Å². The minimum Gasteiger partial charge on any atom is -0.508 e. The molecule has 0 aromatic heterocycles. The van der Waals surface area contributed by atoms with Crippen LogP contribution < -0.4 is 9.47 Å². The Morgan fingerprint density at radius 1 is 0.913 bits per heavy atom. The number of halogens is 4. The van der Waals surface area contributed by atoms with Crippen molar-refractivity contribution in [3.8, 4) is 11.5 Å². The summed E-state index contributed by atoms with van der Waals surface area (Å²) >= 11 is 0. The molecule has 2 aromatic carbocycles. The molecule has 2 rings (SSSR count). The summed E-state index contributed by atoms with van der Waals surface area (Å²) < 4.78 is 63.2. The Morgan fingerprint density at radius 3 is 2.09 bits per heavy atom. The third kappa shape index (κ3) is 4.37. The third-order valence-corrected chi connectivity index (χ3v) is 3.08. The van der Waals surface area contributed by atoms with E-state index in [0.29, 0.717) is 17.9 Å². The summed E-state index contributed by atoms with van der Waals surface area (Å²) in [5, 5.41) is 0. The van der Waals surface area contributed by atoms with E-state index in [1.807, 2.05) is 0 Å². The molecule has 0 unspecified atom stereocenters. The molecule has 0 aliphatic carbocycles. The Morgan fingerprint density at radius 2 is 1.52 bits per heavy atom. The standard InChI is InChI=1S/C17H15F4O2/c1-2-3-8-22-12-6-4-11(5-7-12)10-23-17-15(20)13(18)9-14(19)16(17)21/h4-7H,2-3,8,10H2,1H3/q-1. The van der Waals surface area contributed by atoms with Crippen LogP contribution in [0.15, 0.2) is 24.3 Å². The minimum absolute atomic E-state index is 0.244. The summed E-state index contributed by atoms with van der Waals surface area (Å²) in [6.45, 7) is 2.41. The number of hydrogen-bond acceptors (Lipinski definition) is 2. The number of ether oxygens (including phenoxy) is 2. The summed E-state index contributed by atoms with van der Waals surface area (Å²) in [5.41, 5.74) is 0.570. The van der Waals surface area contributed by atoms with Crippen LogP contribution in [-0.4, -0.2) is 6.61 Å². The highest BCUT2D eigenvalue weighted by atomic mass is 19.2. The Hall–Kier alpha value is -2.24. The molecule has 6 heteroatoms. The van der Waals surface area contributed by atoms with Crippen LogP contribution in [-0.2, 0) is 6.61 Å². The fourth-order valence-corrected chi connectivity index (χ4v) is 1.80. The van der Waals surface area contributed by atoms with E-state index in [1.54, 1.807) is 24.3 Å². The second-order valence-corrected chi connectivity index (χ2v) is 4.84. The Bertz CT molecular complexity index is 630. The van der Waals surface area contributed by atoms with E-state index in [1.165, 1.54) is 6.07 Å². The summed E-state index contributed by atoms with van der Waals surface area (Å²) in [7, 11) is 0. The maximum atomic E-state index is 13.4. The van der Waals surface area contributed by atoms with Gasteiger partial charge in [0.15, 0.2) is 0 Å². The van der Waals surface area contributed by atoms with Crippen molar-refractivity contribution in [1.29, 1.82) is 0 Å². The Balaban J connectivity index is 2.01. The van der Waals surface area contributed by atoms with Crippen molar-refractivity contribution in [2.75, 3.05) is 6.61 Å². The molecule has 0 spiro atoms. The van der Waals surface area contributed by atoms with Crippen molar-refractivity contribution in [3.63, 3.8) is 0 Å². The summed E-state index contributed by atoms with van der Waals surface area (Å²) in [5.74, 6) is -6.91. The van der Waals surface area contributed by atoms with E-state index in [2.05, 4.69) is 6.92 Å². The molecule has 0 atom stereocenters. The predicted octanol–water partition coefficient (Wildman–Crippen LogP) is 4.80. The lowest BCUT2D eigenvalue weighted by Gasteiger charge is -2.16. The fourth-order valence-electron chi connectivity index (χ4n) is 1.80. The van der Waals surface area contributed by atoms with E-state index < -0.39 is 29.0 Å². The van der Waals surface area contributed by atoms with Crippen molar-refractivity contribution >= 4 is 0 Å². The molecule has 0 aliphatic heterocycles. The second-order valence-electron chi connectivity index (χ2n) is 4.84. The average molecular weight is 327 g/mol. The molecule has 0 fully saturated rings. The van der Waals surface area contributed by atoms with Gasteiger partial charge in [-0.05, 0) is 24.1 Å². The zero-order valence-corrected chi connectivity index (χ0v) is 12.5. The second kappa shape index (κ2) is 7.85. The molecule has 0 aliphatic rings. The summed E-state index contributed by atoms with van der Waals surface area (Å²) in [6.07, 6.45) is 1.95. The highest BCUT2D eigenvalue weighted by molar-refractivity contribution is 5.30. The predicted molar refractivity (Wildman–Crippen MR) is 76.3 cm³/mol. The first kappa shape index (κ1) is 17.1. The van der Waals surface area contributed by atoms with Gasteiger partial charge in [-0.15, -0.1) is 6.07 Å². The lowest BCUT2D eigenvalue weighted by molar-refractivity contribution is 0.261. The number of hydrogen-bond donors (Lipinski definition) is 0. The monoisotopic (exact) mass is 327 g/mol. The van der Waals surface area contributed by atoms with Crippen LogP contribution in [0, 0.1) is 29.3 Å².